The predicted molar refractivity (Wildman–Crippen MR) is 74.3 cm³/mol. The highest BCUT2D eigenvalue weighted by molar-refractivity contribution is 5.92. The molecular formula is C14H19FN2O3. The zero-order valence-corrected chi connectivity index (χ0v) is 11.7. The van der Waals surface area contributed by atoms with Crippen LogP contribution in [0.25, 0.3) is 0 Å². The van der Waals surface area contributed by atoms with Gasteiger partial charge in [-0.3, -0.25) is 9.69 Å². The third-order valence-electron chi connectivity index (χ3n) is 2.93. The molecule has 1 rings (SSSR count). The first-order chi connectivity index (χ1) is 9.49. The van der Waals surface area contributed by atoms with Crippen LogP contribution in [0.5, 0.6) is 0 Å². The lowest BCUT2D eigenvalue weighted by atomic mass is 10.3. The lowest BCUT2D eigenvalue weighted by Crippen LogP contribution is -2.44. The second-order valence-electron chi connectivity index (χ2n) is 4.23. The molecule has 20 heavy (non-hydrogen) atoms. The van der Waals surface area contributed by atoms with Crippen molar-refractivity contribution in [3.63, 3.8) is 0 Å². The Morgan fingerprint density at radius 2 is 1.75 bits per heavy atom. The van der Waals surface area contributed by atoms with Gasteiger partial charge in [0.2, 0.25) is 0 Å². The first-order valence-electron chi connectivity index (χ1n) is 6.53. The second-order valence-corrected chi connectivity index (χ2v) is 4.23. The molecule has 1 N–H and O–H groups in total. The number of carbonyl (C=O) groups is 2. The molecule has 0 aromatic heterocycles. The van der Waals surface area contributed by atoms with Gasteiger partial charge < -0.3 is 10.0 Å². The zero-order valence-electron chi connectivity index (χ0n) is 11.7. The van der Waals surface area contributed by atoms with Crippen molar-refractivity contribution in [2.75, 3.05) is 24.5 Å². The Hall–Kier alpha value is -2.11. The van der Waals surface area contributed by atoms with Crippen LogP contribution in [0.3, 0.4) is 0 Å². The van der Waals surface area contributed by atoms with Crippen molar-refractivity contribution >= 4 is 17.7 Å². The summed E-state index contributed by atoms with van der Waals surface area (Å²) in [5.74, 6) is -1.31. The molecular weight excluding hydrogens is 263 g/mol. The van der Waals surface area contributed by atoms with Gasteiger partial charge >= 0.3 is 12.0 Å². The number of urea groups is 1. The van der Waals surface area contributed by atoms with Crippen molar-refractivity contribution in [3.05, 3.63) is 30.1 Å². The summed E-state index contributed by atoms with van der Waals surface area (Å²) < 4.78 is 12.9. The number of carboxylic acid groups (broad SMARTS) is 1. The number of benzene rings is 1. The zero-order chi connectivity index (χ0) is 15.1. The highest BCUT2D eigenvalue weighted by Crippen LogP contribution is 2.16. The highest BCUT2D eigenvalue weighted by atomic mass is 19.1. The highest BCUT2D eigenvalue weighted by Gasteiger charge is 2.20. The number of anilines is 1. The van der Waals surface area contributed by atoms with E-state index < -0.39 is 5.97 Å². The van der Waals surface area contributed by atoms with Crippen LogP contribution in [0.2, 0.25) is 0 Å². The average molecular weight is 282 g/mol. The van der Waals surface area contributed by atoms with Gasteiger partial charge in [0.05, 0.1) is 6.42 Å². The van der Waals surface area contributed by atoms with Crippen LogP contribution in [0.4, 0.5) is 14.9 Å². The van der Waals surface area contributed by atoms with Crippen molar-refractivity contribution in [1.82, 2.24) is 4.90 Å². The molecule has 0 unspecified atom stereocenters. The number of halogens is 1. The molecule has 2 amide bonds. The minimum absolute atomic E-state index is 0.0967. The summed E-state index contributed by atoms with van der Waals surface area (Å²) in [7, 11) is 0. The van der Waals surface area contributed by atoms with Crippen LogP contribution in [0, 0.1) is 5.82 Å². The van der Waals surface area contributed by atoms with E-state index in [-0.39, 0.29) is 24.8 Å². The number of aliphatic carboxylic acids is 1. The second kappa shape index (κ2) is 7.47. The Labute approximate surface area is 117 Å². The van der Waals surface area contributed by atoms with Gasteiger partial charge in [-0.25, -0.2) is 9.18 Å². The van der Waals surface area contributed by atoms with Crippen molar-refractivity contribution in [2.24, 2.45) is 0 Å². The van der Waals surface area contributed by atoms with Crippen LogP contribution in [0.1, 0.15) is 20.3 Å². The summed E-state index contributed by atoms with van der Waals surface area (Å²) >= 11 is 0. The van der Waals surface area contributed by atoms with Crippen molar-refractivity contribution in [1.29, 1.82) is 0 Å². The molecule has 5 nitrogen and oxygen atoms in total. The van der Waals surface area contributed by atoms with E-state index in [1.165, 1.54) is 34.1 Å². The summed E-state index contributed by atoms with van der Waals surface area (Å²) in [6, 6.07) is 5.36. The Morgan fingerprint density at radius 1 is 1.15 bits per heavy atom. The van der Waals surface area contributed by atoms with Gasteiger partial charge in [-0.15, -0.1) is 0 Å². The molecule has 0 atom stereocenters. The van der Waals surface area contributed by atoms with E-state index in [9.17, 15) is 14.0 Å². The van der Waals surface area contributed by atoms with Gasteiger partial charge in [-0.1, -0.05) is 0 Å². The van der Waals surface area contributed by atoms with Crippen LogP contribution in [-0.4, -0.2) is 41.6 Å². The van der Waals surface area contributed by atoms with Gasteiger partial charge in [-0.2, -0.15) is 0 Å². The molecule has 1 aromatic rings. The van der Waals surface area contributed by atoms with Crippen LogP contribution in [-0.2, 0) is 4.79 Å². The van der Waals surface area contributed by atoms with Crippen molar-refractivity contribution in [2.45, 2.75) is 20.3 Å². The molecule has 0 bridgehead atoms. The molecule has 0 fully saturated rings. The van der Waals surface area contributed by atoms with Crippen LogP contribution < -0.4 is 4.90 Å². The standard InChI is InChI=1S/C14H19FN2O3/c1-3-16(10-9-13(18)19)14(20)17(4-2)12-7-5-11(15)6-8-12/h5-8H,3-4,9-10H2,1-2H3,(H,18,19). The minimum atomic E-state index is -0.943. The number of carboxylic acids is 1. The normalized spacial score (nSPS) is 10.2. The van der Waals surface area contributed by atoms with Gasteiger partial charge in [-0.05, 0) is 38.1 Å². The summed E-state index contributed by atoms with van der Waals surface area (Å²) in [5, 5.41) is 8.69. The fourth-order valence-electron chi connectivity index (χ4n) is 1.84. The van der Waals surface area contributed by atoms with E-state index in [0.29, 0.717) is 18.8 Å². The summed E-state index contributed by atoms with van der Waals surface area (Å²) in [6.07, 6.45) is -0.0967. The van der Waals surface area contributed by atoms with Gasteiger partial charge in [0.15, 0.2) is 0 Å². The fourth-order valence-corrected chi connectivity index (χ4v) is 1.84. The third-order valence-corrected chi connectivity index (χ3v) is 2.93. The van der Waals surface area contributed by atoms with Gasteiger partial charge in [0.1, 0.15) is 5.82 Å². The Balaban J connectivity index is 2.83. The van der Waals surface area contributed by atoms with Crippen molar-refractivity contribution < 1.29 is 19.1 Å². The van der Waals surface area contributed by atoms with E-state index in [2.05, 4.69) is 0 Å². The first kappa shape index (κ1) is 15.9. The average Bonchev–Trinajstić information content (AvgIpc) is 2.42. The lowest BCUT2D eigenvalue weighted by Gasteiger charge is -2.29. The summed E-state index contributed by atoms with van der Waals surface area (Å²) in [4.78, 5) is 25.9. The number of nitrogens with zero attached hydrogens (tertiary/aromatic N) is 2. The van der Waals surface area contributed by atoms with E-state index in [1.807, 2.05) is 6.92 Å². The number of hydrogen-bond donors (Lipinski definition) is 1. The molecule has 0 aliphatic rings. The maximum Gasteiger partial charge on any atom is 0.324 e. The van der Waals surface area contributed by atoms with Crippen LogP contribution >= 0.6 is 0 Å². The maximum atomic E-state index is 12.9. The van der Waals surface area contributed by atoms with E-state index >= 15 is 0 Å². The molecule has 0 spiro atoms. The number of carbonyl (C=O) groups excluding carboxylic acids is 1. The van der Waals surface area contributed by atoms with Crippen molar-refractivity contribution in [3.8, 4) is 0 Å². The predicted octanol–water partition coefficient (Wildman–Crippen LogP) is 2.57. The number of rotatable bonds is 6. The van der Waals surface area contributed by atoms with E-state index in [1.54, 1.807) is 6.92 Å². The number of amides is 2. The number of hydrogen-bond acceptors (Lipinski definition) is 2. The molecule has 0 saturated heterocycles. The third kappa shape index (κ3) is 4.22. The van der Waals surface area contributed by atoms with E-state index in [4.69, 9.17) is 5.11 Å². The maximum absolute atomic E-state index is 12.9. The van der Waals surface area contributed by atoms with Crippen LogP contribution in [0.15, 0.2) is 24.3 Å². The lowest BCUT2D eigenvalue weighted by molar-refractivity contribution is -0.137. The molecule has 6 heteroatoms. The van der Waals surface area contributed by atoms with Gasteiger partial charge in [0, 0.05) is 25.3 Å². The topological polar surface area (TPSA) is 60.9 Å². The Bertz CT molecular complexity index is 462. The molecule has 0 saturated carbocycles. The fraction of sp³-hybridized carbons (Fsp3) is 0.429. The molecule has 0 radical (unpaired) electrons. The monoisotopic (exact) mass is 282 g/mol. The summed E-state index contributed by atoms with van der Waals surface area (Å²) in [5.41, 5.74) is 0.590. The molecule has 0 aliphatic carbocycles. The molecule has 0 heterocycles. The molecule has 0 aliphatic heterocycles. The minimum Gasteiger partial charge on any atom is -0.481 e. The van der Waals surface area contributed by atoms with Gasteiger partial charge in [0.25, 0.3) is 0 Å². The quantitative estimate of drug-likeness (QED) is 0.872. The Morgan fingerprint density at radius 3 is 2.20 bits per heavy atom. The van der Waals surface area contributed by atoms with E-state index in [0.717, 1.165) is 0 Å². The first-order valence-corrected chi connectivity index (χ1v) is 6.53. The Kier molecular flexibility index (Phi) is 5.96. The molecule has 1 aromatic carbocycles. The smallest absolute Gasteiger partial charge is 0.324 e. The summed E-state index contributed by atoms with van der Waals surface area (Å²) in [6.45, 7) is 4.60. The SMILES string of the molecule is CCN(CCC(=O)O)C(=O)N(CC)c1ccc(F)cc1. The molecule has 110 valence electrons. The largest absolute Gasteiger partial charge is 0.481 e.